The van der Waals surface area contributed by atoms with Crippen molar-refractivity contribution in [3.8, 4) is 10.6 Å². The largest absolute Gasteiger partial charge is 0.359 e. The van der Waals surface area contributed by atoms with E-state index in [1.54, 1.807) is 24.4 Å². The monoisotopic (exact) mass is 546 g/mol. The van der Waals surface area contributed by atoms with E-state index in [4.69, 9.17) is 11.6 Å². The highest BCUT2D eigenvalue weighted by molar-refractivity contribution is 7.18. The Bertz CT molecular complexity index is 1760. The SMILES string of the molecule is C/C(=N/c1nnc(-c2ccc([N+](=O)[O-])cc2Cl)s1)c1ccc(N=Nc2c[nH]c3ccc([N+](=O)[O-])cc23)cc1. The fourth-order valence-corrected chi connectivity index (χ4v) is 4.67. The van der Waals surface area contributed by atoms with Gasteiger partial charge in [0.2, 0.25) is 5.13 Å². The number of nitrogens with zero attached hydrogens (tertiary/aromatic N) is 7. The molecule has 0 unspecified atom stereocenters. The minimum Gasteiger partial charge on any atom is -0.359 e. The molecule has 3 aromatic carbocycles. The van der Waals surface area contributed by atoms with Crippen LogP contribution in [0.4, 0.5) is 27.9 Å². The molecule has 5 aromatic rings. The van der Waals surface area contributed by atoms with E-state index in [1.165, 1.54) is 41.7 Å². The minimum atomic E-state index is -0.516. The van der Waals surface area contributed by atoms with Gasteiger partial charge in [-0.1, -0.05) is 35.1 Å². The molecule has 2 aromatic heterocycles. The van der Waals surface area contributed by atoms with Crippen LogP contribution in [0, 0.1) is 20.2 Å². The van der Waals surface area contributed by atoms with E-state index in [-0.39, 0.29) is 16.4 Å². The first kappa shape index (κ1) is 24.8. The summed E-state index contributed by atoms with van der Waals surface area (Å²) in [6.07, 6.45) is 1.64. The van der Waals surface area contributed by atoms with Crippen molar-refractivity contribution in [2.75, 3.05) is 0 Å². The van der Waals surface area contributed by atoms with E-state index in [0.29, 0.717) is 38.2 Å². The van der Waals surface area contributed by atoms with Crippen molar-refractivity contribution >= 4 is 67.4 Å². The van der Waals surface area contributed by atoms with Gasteiger partial charge in [-0.2, -0.15) is 5.11 Å². The lowest BCUT2D eigenvalue weighted by Crippen LogP contribution is -1.92. The number of hydrogen-bond acceptors (Lipinski definition) is 10. The maximum atomic E-state index is 11.1. The molecule has 0 aliphatic carbocycles. The number of halogens is 1. The van der Waals surface area contributed by atoms with Gasteiger partial charge in [0.1, 0.15) is 5.69 Å². The Balaban J connectivity index is 1.32. The first-order chi connectivity index (χ1) is 18.3. The molecule has 0 saturated carbocycles. The summed E-state index contributed by atoms with van der Waals surface area (Å²) in [5, 5.41) is 40.4. The average Bonchev–Trinajstić information content (AvgIpc) is 3.54. The molecule has 0 fully saturated rings. The predicted molar refractivity (Wildman–Crippen MR) is 144 cm³/mol. The molecule has 0 bridgehead atoms. The zero-order valence-corrected chi connectivity index (χ0v) is 21.0. The quantitative estimate of drug-likeness (QED) is 0.0949. The van der Waals surface area contributed by atoms with Gasteiger partial charge in [-0.05, 0) is 36.8 Å². The van der Waals surface area contributed by atoms with Crippen molar-refractivity contribution in [1.82, 2.24) is 15.2 Å². The molecule has 12 nitrogen and oxygen atoms in total. The number of aliphatic imine (C=N–C) groups is 1. The topological polar surface area (TPSA) is 165 Å². The van der Waals surface area contributed by atoms with Crippen molar-refractivity contribution < 1.29 is 9.85 Å². The summed E-state index contributed by atoms with van der Waals surface area (Å²) in [5.41, 5.74) is 3.73. The van der Waals surface area contributed by atoms with Gasteiger partial charge in [-0.3, -0.25) is 20.2 Å². The lowest BCUT2D eigenvalue weighted by atomic mass is 10.1. The van der Waals surface area contributed by atoms with Crippen molar-refractivity contribution in [1.29, 1.82) is 0 Å². The number of non-ortho nitro benzene ring substituents is 2. The van der Waals surface area contributed by atoms with E-state index < -0.39 is 9.85 Å². The molecular formula is C24H15ClN8O4S. The minimum absolute atomic E-state index is 0.0222. The van der Waals surface area contributed by atoms with E-state index in [0.717, 1.165) is 11.1 Å². The van der Waals surface area contributed by atoms with Gasteiger partial charge >= 0.3 is 0 Å². The Kier molecular flexibility index (Phi) is 6.68. The molecule has 0 aliphatic heterocycles. The number of fused-ring (bicyclic) bond motifs is 1. The number of aromatic amines is 1. The fraction of sp³-hybridized carbons (Fsp3) is 0.0417. The Morgan fingerprint density at radius 3 is 2.37 bits per heavy atom. The number of H-pyrrole nitrogens is 1. The van der Waals surface area contributed by atoms with Crippen molar-refractivity contribution in [2.45, 2.75) is 6.92 Å². The second-order valence-electron chi connectivity index (χ2n) is 7.92. The van der Waals surface area contributed by atoms with Crippen LogP contribution >= 0.6 is 22.9 Å². The van der Waals surface area contributed by atoms with E-state index in [9.17, 15) is 20.2 Å². The standard InChI is InChI=1S/C24H15ClN8O4S/c1-13(27-24-31-30-23(38-24)18-8-6-17(33(36)37)11-20(18)25)14-2-4-15(5-3-14)28-29-22-12-26-21-9-7-16(32(34)35)10-19(21)22/h2-12,26H,1H3/b27-13-,29-28?. The van der Waals surface area contributed by atoms with Crippen molar-refractivity contribution in [3.63, 3.8) is 0 Å². The molecule has 188 valence electrons. The van der Waals surface area contributed by atoms with E-state index in [1.807, 2.05) is 19.1 Å². The number of nitro benzene ring substituents is 2. The summed E-state index contributed by atoms with van der Waals surface area (Å²) < 4.78 is 0. The molecule has 5 rings (SSSR count). The lowest BCUT2D eigenvalue weighted by molar-refractivity contribution is -0.385. The normalized spacial score (nSPS) is 11.9. The van der Waals surface area contributed by atoms with Gasteiger partial charge < -0.3 is 4.98 Å². The Labute approximate surface area is 222 Å². The molecule has 14 heteroatoms. The molecule has 0 atom stereocenters. The highest BCUT2D eigenvalue weighted by atomic mass is 35.5. The highest BCUT2D eigenvalue weighted by Crippen LogP contribution is 2.35. The lowest BCUT2D eigenvalue weighted by Gasteiger charge is -2.00. The molecule has 0 amide bonds. The second kappa shape index (κ2) is 10.2. The summed E-state index contributed by atoms with van der Waals surface area (Å²) in [6, 6.07) is 15.9. The maximum absolute atomic E-state index is 11.1. The molecule has 0 aliphatic rings. The van der Waals surface area contributed by atoms with Crippen LogP contribution in [0.2, 0.25) is 5.02 Å². The van der Waals surface area contributed by atoms with Crippen LogP contribution in [-0.4, -0.2) is 30.7 Å². The number of benzene rings is 3. The number of aromatic nitrogens is 3. The highest BCUT2D eigenvalue weighted by Gasteiger charge is 2.15. The third kappa shape index (κ3) is 5.14. The third-order valence-electron chi connectivity index (χ3n) is 5.48. The van der Waals surface area contributed by atoms with Crippen molar-refractivity contribution in [2.24, 2.45) is 15.2 Å². The third-order valence-corrected chi connectivity index (χ3v) is 6.65. The number of nitro groups is 2. The van der Waals surface area contributed by atoms with Gasteiger partial charge in [0, 0.05) is 52.6 Å². The van der Waals surface area contributed by atoms with Gasteiger partial charge in [0.25, 0.3) is 11.4 Å². The van der Waals surface area contributed by atoms with Crippen LogP contribution in [0.3, 0.4) is 0 Å². The summed E-state index contributed by atoms with van der Waals surface area (Å²) in [6.45, 7) is 1.83. The van der Waals surface area contributed by atoms with Crippen molar-refractivity contribution in [3.05, 3.63) is 97.7 Å². The van der Waals surface area contributed by atoms with E-state index in [2.05, 4.69) is 30.4 Å². The summed E-state index contributed by atoms with van der Waals surface area (Å²) in [7, 11) is 0. The van der Waals surface area contributed by atoms with Crippen LogP contribution < -0.4 is 0 Å². The summed E-state index contributed by atoms with van der Waals surface area (Å²) >= 11 is 7.40. The Hall–Kier alpha value is -4.88. The predicted octanol–water partition coefficient (Wildman–Crippen LogP) is 7.71. The van der Waals surface area contributed by atoms with Gasteiger partial charge in [0.15, 0.2) is 5.01 Å². The van der Waals surface area contributed by atoms with Crippen LogP contribution in [0.5, 0.6) is 0 Å². The van der Waals surface area contributed by atoms with E-state index >= 15 is 0 Å². The van der Waals surface area contributed by atoms with Gasteiger partial charge in [0.05, 0.1) is 20.6 Å². The Morgan fingerprint density at radius 2 is 1.66 bits per heavy atom. The molecule has 0 radical (unpaired) electrons. The summed E-state index contributed by atoms with van der Waals surface area (Å²) in [4.78, 5) is 28.6. The van der Waals surface area contributed by atoms with Crippen LogP contribution in [0.1, 0.15) is 12.5 Å². The summed E-state index contributed by atoms with van der Waals surface area (Å²) in [5.74, 6) is 0. The van der Waals surface area contributed by atoms with Gasteiger partial charge in [-0.15, -0.1) is 15.3 Å². The molecular weight excluding hydrogens is 532 g/mol. The van der Waals surface area contributed by atoms with Crippen LogP contribution in [0.25, 0.3) is 21.5 Å². The van der Waals surface area contributed by atoms with Crippen LogP contribution in [-0.2, 0) is 0 Å². The van der Waals surface area contributed by atoms with Crippen LogP contribution in [0.15, 0.2) is 82.1 Å². The number of rotatable bonds is 7. The number of hydrogen-bond donors (Lipinski definition) is 1. The number of nitrogens with one attached hydrogen (secondary N) is 1. The second-order valence-corrected chi connectivity index (χ2v) is 9.28. The molecule has 1 N–H and O–H groups in total. The molecule has 0 spiro atoms. The molecule has 2 heterocycles. The maximum Gasteiger partial charge on any atom is 0.270 e. The van der Waals surface area contributed by atoms with Gasteiger partial charge in [-0.25, -0.2) is 4.99 Å². The molecule has 0 saturated heterocycles. The Morgan fingerprint density at radius 1 is 0.947 bits per heavy atom. The average molecular weight is 547 g/mol. The smallest absolute Gasteiger partial charge is 0.270 e. The zero-order chi connectivity index (χ0) is 26.8. The first-order valence-electron chi connectivity index (χ1n) is 10.9. The zero-order valence-electron chi connectivity index (χ0n) is 19.4. The first-order valence-corrected chi connectivity index (χ1v) is 12.1. The number of azo groups is 1. The molecule has 38 heavy (non-hydrogen) atoms. The fourth-order valence-electron chi connectivity index (χ4n) is 3.54.